The van der Waals surface area contributed by atoms with E-state index >= 15 is 0 Å². The lowest BCUT2D eigenvalue weighted by atomic mass is 10.2. The molecule has 0 radical (unpaired) electrons. The van der Waals surface area contributed by atoms with Gasteiger partial charge in [0, 0.05) is 6.42 Å². The van der Waals surface area contributed by atoms with Gasteiger partial charge in [-0.25, -0.2) is 4.99 Å². The van der Waals surface area contributed by atoms with Crippen LogP contribution in [-0.2, 0) is 18.0 Å². The summed E-state index contributed by atoms with van der Waals surface area (Å²) in [5, 5.41) is 0. The van der Waals surface area contributed by atoms with E-state index in [0.29, 0.717) is 25.3 Å². The zero-order valence-corrected chi connectivity index (χ0v) is 15.5. The van der Waals surface area contributed by atoms with E-state index < -0.39 is 7.29 Å². The maximum atomic E-state index is 10.8. The molecule has 1 aromatic carbocycles. The number of rotatable bonds is 8. The second kappa shape index (κ2) is 8.76. The molecule has 0 atom stereocenters. The highest BCUT2D eigenvalue weighted by Crippen LogP contribution is 2.26. The molecule has 1 aromatic rings. The van der Waals surface area contributed by atoms with E-state index in [4.69, 9.17) is 16.2 Å². The van der Waals surface area contributed by atoms with Crippen molar-refractivity contribution in [2.75, 3.05) is 13.2 Å². The number of hydrogen-bond donors (Lipinski definition) is 2. The van der Waals surface area contributed by atoms with Gasteiger partial charge in [-0.1, -0.05) is 6.07 Å². The number of nitrogens with zero attached hydrogens (tertiary/aromatic N) is 1. The number of ether oxygens (including phenoxy) is 1. The Morgan fingerprint density at radius 1 is 1.33 bits per heavy atom. The van der Waals surface area contributed by atoms with E-state index in [1.54, 1.807) is 6.07 Å². The molecule has 0 saturated heterocycles. The first-order valence-corrected chi connectivity index (χ1v) is 10.6. The molecule has 0 spiro atoms. The molecular weight excluding hydrogens is 477 g/mol. The lowest BCUT2D eigenvalue weighted by Crippen LogP contribution is -2.22. The second-order valence-corrected chi connectivity index (χ2v) is 9.04. The highest BCUT2D eigenvalue weighted by molar-refractivity contribution is 14.2. The number of guanidine groups is 1. The average molecular weight is 492 g/mol. The maximum absolute atomic E-state index is 10.8. The minimum absolute atomic E-state index is 0.0386. The predicted molar refractivity (Wildman–Crippen MR) is 92.7 cm³/mol. The molecule has 0 aliphatic rings. The van der Waals surface area contributed by atoms with Crippen LogP contribution in [0, 0.1) is 0 Å². The van der Waals surface area contributed by atoms with Crippen molar-refractivity contribution in [2.45, 2.75) is 13.0 Å². The van der Waals surface area contributed by atoms with Gasteiger partial charge in [-0.05, 0) is 33.6 Å². The van der Waals surface area contributed by atoms with Crippen LogP contribution in [0.15, 0.2) is 27.7 Å². The SMILES string of the molecule is NC(N)=NCc1ccc(OCCCOS(=O)(=O)I)c(Br)c1. The fourth-order valence-electron chi connectivity index (χ4n) is 1.34. The Hall–Kier alpha value is -0.590. The quantitative estimate of drug-likeness (QED) is 0.188. The summed E-state index contributed by atoms with van der Waals surface area (Å²) in [4.78, 5) is 3.91. The molecule has 0 heterocycles. The molecule has 7 nitrogen and oxygen atoms in total. The summed E-state index contributed by atoms with van der Waals surface area (Å²) in [7, 11) is -3.42. The summed E-state index contributed by atoms with van der Waals surface area (Å²) in [5.41, 5.74) is 11.5. The monoisotopic (exact) mass is 491 g/mol. The number of aliphatic imine (C=N–C) groups is 1. The van der Waals surface area contributed by atoms with Gasteiger partial charge in [-0.3, -0.25) is 4.18 Å². The van der Waals surface area contributed by atoms with E-state index in [1.165, 1.54) is 21.2 Å². The third-order valence-electron chi connectivity index (χ3n) is 2.21. The molecule has 0 saturated carbocycles. The van der Waals surface area contributed by atoms with Gasteiger partial charge in [-0.15, -0.1) is 0 Å². The van der Waals surface area contributed by atoms with Crippen LogP contribution in [0.2, 0.25) is 0 Å². The zero-order chi connectivity index (χ0) is 15.9. The third-order valence-corrected chi connectivity index (χ3v) is 4.04. The van der Waals surface area contributed by atoms with Gasteiger partial charge in [0.25, 0.3) is 0 Å². The Morgan fingerprint density at radius 2 is 2.05 bits per heavy atom. The van der Waals surface area contributed by atoms with Gasteiger partial charge < -0.3 is 16.2 Å². The second-order valence-electron chi connectivity index (χ2n) is 3.92. The number of halogens is 2. The van der Waals surface area contributed by atoms with Crippen molar-refractivity contribution in [3.63, 3.8) is 0 Å². The summed E-state index contributed by atoms with van der Waals surface area (Å²) >= 11 is 4.63. The minimum atomic E-state index is -3.42. The molecule has 0 aromatic heterocycles. The van der Waals surface area contributed by atoms with Crippen LogP contribution in [-0.4, -0.2) is 27.6 Å². The maximum Gasteiger partial charge on any atom is 0.321 e. The van der Waals surface area contributed by atoms with Crippen molar-refractivity contribution < 1.29 is 17.3 Å². The number of hydrogen-bond acceptors (Lipinski definition) is 5. The van der Waals surface area contributed by atoms with Crippen LogP contribution in [0.3, 0.4) is 0 Å². The fraction of sp³-hybridized carbons (Fsp3) is 0.364. The molecule has 0 unspecified atom stereocenters. The van der Waals surface area contributed by atoms with E-state index in [9.17, 15) is 8.42 Å². The van der Waals surface area contributed by atoms with Crippen LogP contribution < -0.4 is 16.2 Å². The Balaban J connectivity index is 2.44. The molecule has 0 bridgehead atoms. The van der Waals surface area contributed by atoms with Crippen LogP contribution in [0.4, 0.5) is 0 Å². The van der Waals surface area contributed by atoms with Crippen LogP contribution >= 0.6 is 37.1 Å². The summed E-state index contributed by atoms with van der Waals surface area (Å²) in [6, 6.07) is 5.49. The van der Waals surface area contributed by atoms with E-state index in [2.05, 4.69) is 25.1 Å². The van der Waals surface area contributed by atoms with Crippen LogP contribution in [0.25, 0.3) is 0 Å². The summed E-state index contributed by atoms with van der Waals surface area (Å²) < 4.78 is 32.4. The van der Waals surface area contributed by atoms with Crippen molar-refractivity contribution in [3.8, 4) is 5.75 Å². The Kier molecular flexibility index (Phi) is 7.70. The Bertz CT molecular complexity index is 605. The van der Waals surface area contributed by atoms with Gasteiger partial charge in [0.1, 0.15) is 27.0 Å². The Labute approximate surface area is 143 Å². The standard InChI is InChI=1S/C11H15BrIN3O4S/c12-9-6-8(7-16-11(14)15)2-3-10(9)19-4-1-5-20-21(13,17)18/h2-3,6H,1,4-5,7H2,(H4,14,15,16). The molecule has 1 rings (SSSR count). The van der Waals surface area contributed by atoms with Crippen LogP contribution in [0.1, 0.15) is 12.0 Å². The topological polar surface area (TPSA) is 117 Å². The average Bonchev–Trinajstić information content (AvgIpc) is 2.36. The van der Waals surface area contributed by atoms with E-state index in [0.717, 1.165) is 10.0 Å². The normalized spacial score (nSPS) is 11.1. The lowest BCUT2D eigenvalue weighted by Gasteiger charge is -2.09. The number of benzene rings is 1. The van der Waals surface area contributed by atoms with E-state index in [1.807, 2.05) is 12.1 Å². The smallest absolute Gasteiger partial charge is 0.321 e. The van der Waals surface area contributed by atoms with Crippen LogP contribution in [0.5, 0.6) is 5.75 Å². The van der Waals surface area contributed by atoms with Crippen molar-refractivity contribution >= 4 is 50.4 Å². The zero-order valence-electron chi connectivity index (χ0n) is 11.0. The summed E-state index contributed by atoms with van der Waals surface area (Å²) in [5.74, 6) is 0.692. The fourth-order valence-corrected chi connectivity index (χ4v) is 2.74. The third kappa shape index (κ3) is 8.44. The highest BCUT2D eigenvalue weighted by atomic mass is 127. The summed E-state index contributed by atoms with van der Waals surface area (Å²) in [6.07, 6.45) is 0.463. The first-order valence-electron chi connectivity index (χ1n) is 5.83. The molecule has 0 aliphatic carbocycles. The van der Waals surface area contributed by atoms with Gasteiger partial charge in [-0.2, -0.15) is 8.42 Å². The Morgan fingerprint density at radius 3 is 2.62 bits per heavy atom. The molecule has 0 fully saturated rings. The molecule has 10 heteroatoms. The van der Waals surface area contributed by atoms with Gasteiger partial charge in [0.15, 0.2) is 5.96 Å². The van der Waals surface area contributed by atoms with Crippen molar-refractivity contribution in [2.24, 2.45) is 16.5 Å². The molecule has 21 heavy (non-hydrogen) atoms. The minimum Gasteiger partial charge on any atom is -0.492 e. The molecule has 4 N–H and O–H groups in total. The predicted octanol–water partition coefficient (Wildman–Crippen LogP) is 1.69. The first-order chi connectivity index (χ1) is 9.78. The molecule has 0 aliphatic heterocycles. The van der Waals surface area contributed by atoms with E-state index in [-0.39, 0.29) is 12.6 Å². The van der Waals surface area contributed by atoms with Gasteiger partial charge >= 0.3 is 7.29 Å². The molecule has 0 amide bonds. The highest BCUT2D eigenvalue weighted by Gasteiger charge is 2.05. The van der Waals surface area contributed by atoms with Gasteiger partial charge in [0.2, 0.25) is 0 Å². The first kappa shape index (κ1) is 18.5. The molecular formula is C11H15BrIN3O4S. The largest absolute Gasteiger partial charge is 0.492 e. The number of nitrogens with two attached hydrogens (primary N) is 2. The van der Waals surface area contributed by atoms with Crippen molar-refractivity contribution in [1.29, 1.82) is 0 Å². The summed E-state index contributed by atoms with van der Waals surface area (Å²) in [6.45, 7) is 0.825. The van der Waals surface area contributed by atoms with Crippen molar-refractivity contribution in [1.82, 2.24) is 0 Å². The van der Waals surface area contributed by atoms with Gasteiger partial charge in [0.05, 0.1) is 24.2 Å². The van der Waals surface area contributed by atoms with Crippen molar-refractivity contribution in [3.05, 3.63) is 28.2 Å². The molecule has 118 valence electrons. The lowest BCUT2D eigenvalue weighted by molar-refractivity contribution is 0.254.